The second-order valence-electron chi connectivity index (χ2n) is 3.80. The van der Waals surface area contributed by atoms with Gasteiger partial charge >= 0.3 is 0 Å². The van der Waals surface area contributed by atoms with Gasteiger partial charge in [0.25, 0.3) is 0 Å². The fraction of sp³-hybridized carbons (Fsp3) is 0.500. The molecule has 1 rings (SSSR count). The number of hydrogen-bond acceptors (Lipinski definition) is 1. The van der Waals surface area contributed by atoms with Crippen LogP contribution in [-0.4, -0.2) is 6.04 Å². The van der Waals surface area contributed by atoms with Crippen LogP contribution >= 0.6 is 0 Å². The molecule has 0 fully saturated rings. The van der Waals surface area contributed by atoms with Gasteiger partial charge in [-0.15, -0.1) is 0 Å². The average Bonchev–Trinajstić information content (AvgIpc) is 2.15. The van der Waals surface area contributed by atoms with Crippen molar-refractivity contribution in [1.29, 1.82) is 0 Å². The van der Waals surface area contributed by atoms with E-state index in [0.29, 0.717) is 6.04 Å². The summed E-state index contributed by atoms with van der Waals surface area (Å²) in [5.41, 5.74) is 0.767. The van der Waals surface area contributed by atoms with Crippen LogP contribution in [0.25, 0.3) is 0 Å². The van der Waals surface area contributed by atoms with Crippen molar-refractivity contribution in [2.75, 3.05) is 0 Å². The summed E-state index contributed by atoms with van der Waals surface area (Å²) in [5, 5.41) is 3.35. The predicted octanol–water partition coefficient (Wildman–Crippen LogP) is 3.27. The van der Waals surface area contributed by atoms with E-state index in [4.69, 9.17) is 0 Å². The lowest BCUT2D eigenvalue weighted by Gasteiger charge is -2.20. The summed E-state index contributed by atoms with van der Waals surface area (Å²) >= 11 is 0. The third-order valence-corrected chi connectivity index (χ3v) is 2.22. The van der Waals surface area contributed by atoms with Crippen LogP contribution in [0.2, 0.25) is 0 Å². The Morgan fingerprint density at radius 2 is 1.93 bits per heavy atom. The molecule has 1 aromatic rings. The Morgan fingerprint density at radius 3 is 2.43 bits per heavy atom. The van der Waals surface area contributed by atoms with Crippen LogP contribution in [0.15, 0.2) is 24.3 Å². The Hall–Kier alpha value is -0.890. The Labute approximate surface area is 85.3 Å². The molecule has 0 bridgehead atoms. The van der Waals surface area contributed by atoms with E-state index >= 15 is 0 Å². The highest BCUT2D eigenvalue weighted by atomic mass is 19.1. The lowest BCUT2D eigenvalue weighted by atomic mass is 10.0. The Bertz CT molecular complexity index is 283. The maximum atomic E-state index is 13.4. The molecule has 2 heteroatoms. The summed E-state index contributed by atoms with van der Waals surface area (Å²) in [6.07, 6.45) is 0.902. The third-order valence-electron chi connectivity index (χ3n) is 2.22. The lowest BCUT2D eigenvalue weighted by Crippen LogP contribution is -2.28. The molecular weight excluding hydrogens is 177 g/mol. The summed E-state index contributed by atoms with van der Waals surface area (Å²) < 4.78 is 13.4. The first-order chi connectivity index (χ1) is 6.65. The number of halogens is 1. The molecule has 0 aliphatic heterocycles. The molecule has 1 unspecified atom stereocenters. The predicted molar refractivity (Wildman–Crippen MR) is 57.7 cm³/mol. The second-order valence-corrected chi connectivity index (χ2v) is 3.80. The zero-order chi connectivity index (χ0) is 10.6. The minimum absolute atomic E-state index is 0.118. The van der Waals surface area contributed by atoms with Gasteiger partial charge in [-0.2, -0.15) is 0 Å². The van der Waals surface area contributed by atoms with Crippen molar-refractivity contribution < 1.29 is 4.39 Å². The van der Waals surface area contributed by atoms with E-state index in [1.54, 1.807) is 6.07 Å². The molecule has 1 aromatic carbocycles. The van der Waals surface area contributed by atoms with E-state index in [-0.39, 0.29) is 11.9 Å². The monoisotopic (exact) mass is 195 g/mol. The first-order valence-corrected chi connectivity index (χ1v) is 5.15. The number of nitrogens with one attached hydrogen (secondary N) is 1. The van der Waals surface area contributed by atoms with Crippen LogP contribution in [0.3, 0.4) is 0 Å². The van der Waals surface area contributed by atoms with Gasteiger partial charge in [0.1, 0.15) is 5.82 Å². The van der Waals surface area contributed by atoms with Gasteiger partial charge in [-0.25, -0.2) is 4.39 Å². The van der Waals surface area contributed by atoms with Gasteiger partial charge in [-0.05, 0) is 12.5 Å². The fourth-order valence-corrected chi connectivity index (χ4v) is 1.59. The Morgan fingerprint density at radius 1 is 1.29 bits per heavy atom. The van der Waals surface area contributed by atoms with Crippen molar-refractivity contribution in [2.24, 2.45) is 0 Å². The van der Waals surface area contributed by atoms with Crippen LogP contribution in [0.5, 0.6) is 0 Å². The Kier molecular flexibility index (Phi) is 4.08. The Balaban J connectivity index is 2.83. The van der Waals surface area contributed by atoms with E-state index in [2.05, 4.69) is 26.1 Å². The molecule has 0 radical (unpaired) electrons. The highest BCUT2D eigenvalue weighted by molar-refractivity contribution is 5.21. The van der Waals surface area contributed by atoms with Crippen molar-refractivity contribution in [2.45, 2.75) is 39.3 Å². The van der Waals surface area contributed by atoms with E-state index < -0.39 is 0 Å². The zero-order valence-corrected chi connectivity index (χ0v) is 9.05. The van der Waals surface area contributed by atoms with E-state index in [9.17, 15) is 4.39 Å². The molecule has 1 nitrogen and oxygen atoms in total. The van der Waals surface area contributed by atoms with Gasteiger partial charge in [0.15, 0.2) is 0 Å². The summed E-state index contributed by atoms with van der Waals surface area (Å²) in [6, 6.07) is 7.46. The van der Waals surface area contributed by atoms with Gasteiger partial charge in [-0.1, -0.05) is 39.0 Å². The number of benzene rings is 1. The summed E-state index contributed by atoms with van der Waals surface area (Å²) in [5.74, 6) is -0.118. The van der Waals surface area contributed by atoms with E-state index in [1.165, 1.54) is 6.07 Å². The molecule has 1 N–H and O–H groups in total. The van der Waals surface area contributed by atoms with Crippen LogP contribution in [0, 0.1) is 5.82 Å². The topological polar surface area (TPSA) is 12.0 Å². The van der Waals surface area contributed by atoms with Gasteiger partial charge in [-0.3, -0.25) is 0 Å². The van der Waals surface area contributed by atoms with Crippen LogP contribution in [0.1, 0.15) is 38.8 Å². The molecule has 0 amide bonds. The first-order valence-electron chi connectivity index (χ1n) is 5.15. The zero-order valence-electron chi connectivity index (χ0n) is 9.05. The van der Waals surface area contributed by atoms with Crippen molar-refractivity contribution in [1.82, 2.24) is 5.32 Å². The quantitative estimate of drug-likeness (QED) is 0.777. The largest absolute Gasteiger partial charge is 0.308 e. The van der Waals surface area contributed by atoms with E-state index in [0.717, 1.165) is 12.0 Å². The molecule has 1 atom stereocenters. The van der Waals surface area contributed by atoms with Crippen LogP contribution < -0.4 is 5.32 Å². The van der Waals surface area contributed by atoms with Gasteiger partial charge in [0.05, 0.1) is 0 Å². The molecular formula is C12H18FN. The maximum Gasteiger partial charge on any atom is 0.127 e. The third kappa shape index (κ3) is 2.81. The van der Waals surface area contributed by atoms with Crippen molar-refractivity contribution in [3.05, 3.63) is 35.6 Å². The van der Waals surface area contributed by atoms with Crippen molar-refractivity contribution in [3.8, 4) is 0 Å². The van der Waals surface area contributed by atoms with Crippen molar-refractivity contribution in [3.63, 3.8) is 0 Å². The molecule has 0 aliphatic rings. The second kappa shape index (κ2) is 5.11. The molecule has 0 spiro atoms. The molecule has 0 saturated carbocycles. The highest BCUT2D eigenvalue weighted by Crippen LogP contribution is 2.19. The molecule has 0 aliphatic carbocycles. The lowest BCUT2D eigenvalue weighted by molar-refractivity contribution is 0.448. The van der Waals surface area contributed by atoms with Gasteiger partial charge in [0.2, 0.25) is 0 Å². The standard InChI is InChI=1S/C12H18FN/c1-4-12(14-9(2)3)10-7-5-6-8-11(10)13/h5-9,12,14H,4H2,1-3H3. The SMILES string of the molecule is CCC(NC(C)C)c1ccccc1F. The summed E-state index contributed by atoms with van der Waals surface area (Å²) in [6.45, 7) is 6.21. The van der Waals surface area contributed by atoms with Crippen LogP contribution in [0.4, 0.5) is 4.39 Å². The van der Waals surface area contributed by atoms with Gasteiger partial charge in [0, 0.05) is 17.6 Å². The maximum absolute atomic E-state index is 13.4. The van der Waals surface area contributed by atoms with Crippen LogP contribution in [-0.2, 0) is 0 Å². The molecule has 78 valence electrons. The van der Waals surface area contributed by atoms with E-state index in [1.807, 2.05) is 12.1 Å². The minimum Gasteiger partial charge on any atom is -0.308 e. The number of rotatable bonds is 4. The van der Waals surface area contributed by atoms with Crippen molar-refractivity contribution >= 4 is 0 Å². The molecule has 0 heterocycles. The average molecular weight is 195 g/mol. The highest BCUT2D eigenvalue weighted by Gasteiger charge is 2.13. The summed E-state index contributed by atoms with van der Waals surface area (Å²) in [7, 11) is 0. The first kappa shape index (κ1) is 11.2. The molecule has 0 aromatic heterocycles. The smallest absolute Gasteiger partial charge is 0.127 e. The minimum atomic E-state index is -0.118. The molecule has 14 heavy (non-hydrogen) atoms. The normalized spacial score (nSPS) is 13.2. The summed E-state index contributed by atoms with van der Waals surface area (Å²) in [4.78, 5) is 0. The molecule has 0 saturated heterocycles. The fourth-order valence-electron chi connectivity index (χ4n) is 1.59. The number of hydrogen-bond donors (Lipinski definition) is 1. The van der Waals surface area contributed by atoms with Gasteiger partial charge < -0.3 is 5.32 Å².